The molecule has 1 nitrogen and oxygen atoms in total. The van der Waals surface area contributed by atoms with Gasteiger partial charge in [0.2, 0.25) is 0 Å². The Kier molecular flexibility index (Phi) is 7.90. The Morgan fingerprint density at radius 3 is 2.04 bits per heavy atom. The van der Waals surface area contributed by atoms with E-state index < -0.39 is 7.92 Å². The van der Waals surface area contributed by atoms with E-state index >= 15 is 0 Å². The molecule has 0 spiro atoms. The zero-order valence-corrected chi connectivity index (χ0v) is 15.8. The van der Waals surface area contributed by atoms with Gasteiger partial charge in [-0.15, -0.1) is 12.3 Å². The van der Waals surface area contributed by atoms with Gasteiger partial charge in [-0.1, -0.05) is 72.8 Å². The van der Waals surface area contributed by atoms with Crippen LogP contribution in [0.15, 0.2) is 89.5 Å². The number of allylic oxidation sites excluding steroid dienone is 4. The van der Waals surface area contributed by atoms with E-state index in [0.717, 1.165) is 18.3 Å². The highest BCUT2D eigenvalue weighted by Gasteiger charge is 2.18. The lowest BCUT2D eigenvalue weighted by Crippen LogP contribution is -2.17. The van der Waals surface area contributed by atoms with Crippen LogP contribution in [-0.4, -0.2) is 12.5 Å². The molecule has 0 atom stereocenters. The lowest BCUT2D eigenvalue weighted by atomic mass is 10.1. The second kappa shape index (κ2) is 10.4. The number of terminal acetylenes is 1. The van der Waals surface area contributed by atoms with Gasteiger partial charge < -0.3 is 0 Å². The first-order valence-corrected chi connectivity index (χ1v) is 9.78. The predicted octanol–water partition coefficient (Wildman–Crippen LogP) is 5.06. The lowest BCUT2D eigenvalue weighted by molar-refractivity contribution is 1.04. The second-order valence-corrected chi connectivity index (χ2v) is 7.67. The van der Waals surface area contributed by atoms with Crippen molar-refractivity contribution in [1.82, 2.24) is 0 Å². The maximum absolute atomic E-state index is 5.45. The highest BCUT2D eigenvalue weighted by Crippen LogP contribution is 2.36. The van der Waals surface area contributed by atoms with Gasteiger partial charge in [-0.25, -0.2) is 0 Å². The minimum atomic E-state index is -0.685. The second-order valence-electron chi connectivity index (χ2n) is 5.51. The fourth-order valence-corrected chi connectivity index (χ4v) is 4.86. The molecule has 0 aliphatic carbocycles. The largest absolute Gasteiger partial charge is 0.288 e. The van der Waals surface area contributed by atoms with Crippen LogP contribution >= 0.6 is 7.92 Å². The van der Waals surface area contributed by atoms with Crippen LogP contribution in [0.25, 0.3) is 0 Å². The summed E-state index contributed by atoms with van der Waals surface area (Å²) < 4.78 is 0. The zero-order valence-electron chi connectivity index (χ0n) is 14.9. The van der Waals surface area contributed by atoms with Gasteiger partial charge in [0, 0.05) is 21.4 Å². The third kappa shape index (κ3) is 5.56. The fourth-order valence-electron chi connectivity index (χ4n) is 2.60. The number of aliphatic imine (C=N–C) groups is 1. The SMILES string of the molecule is C#CCCC(/C=C\C)=C/C(=N/C)P(c1ccccc1)c1ccccc1. The van der Waals surface area contributed by atoms with Crippen molar-refractivity contribution in [1.29, 1.82) is 0 Å². The van der Waals surface area contributed by atoms with Crippen molar-refractivity contribution >= 4 is 24.0 Å². The summed E-state index contributed by atoms with van der Waals surface area (Å²) in [5.41, 5.74) is 2.33. The molecular weight excluding hydrogens is 321 g/mol. The molecule has 25 heavy (non-hydrogen) atoms. The van der Waals surface area contributed by atoms with E-state index in [2.05, 4.69) is 89.8 Å². The first kappa shape index (κ1) is 18.9. The van der Waals surface area contributed by atoms with Crippen LogP contribution in [0.4, 0.5) is 0 Å². The van der Waals surface area contributed by atoms with E-state index in [9.17, 15) is 0 Å². The molecule has 0 N–H and O–H groups in total. The van der Waals surface area contributed by atoms with Gasteiger partial charge in [-0.3, -0.25) is 4.99 Å². The topological polar surface area (TPSA) is 12.4 Å². The minimum absolute atomic E-state index is 0.685. The van der Waals surface area contributed by atoms with Crippen molar-refractivity contribution in [3.63, 3.8) is 0 Å². The van der Waals surface area contributed by atoms with Gasteiger partial charge in [0.05, 0.1) is 5.45 Å². The number of nitrogens with zero attached hydrogens (tertiary/aromatic N) is 1. The number of hydrogen-bond donors (Lipinski definition) is 0. The Labute approximate surface area is 153 Å². The fraction of sp³-hybridized carbons (Fsp3) is 0.174. The molecule has 0 aliphatic heterocycles. The molecule has 2 aromatic carbocycles. The van der Waals surface area contributed by atoms with Gasteiger partial charge in [0.25, 0.3) is 0 Å². The van der Waals surface area contributed by atoms with Crippen LogP contribution in [0.5, 0.6) is 0 Å². The summed E-state index contributed by atoms with van der Waals surface area (Å²) in [6.07, 6.45) is 13.5. The monoisotopic (exact) mass is 345 g/mol. The summed E-state index contributed by atoms with van der Waals surface area (Å²) in [4.78, 5) is 4.65. The van der Waals surface area contributed by atoms with Crippen molar-refractivity contribution < 1.29 is 0 Å². The molecule has 2 heteroatoms. The highest BCUT2D eigenvalue weighted by atomic mass is 31.1. The smallest absolute Gasteiger partial charge is 0.0665 e. The molecule has 0 aromatic heterocycles. The molecule has 0 unspecified atom stereocenters. The Morgan fingerprint density at radius 2 is 1.60 bits per heavy atom. The molecule has 0 saturated heterocycles. The number of benzene rings is 2. The van der Waals surface area contributed by atoms with E-state index in [0.29, 0.717) is 0 Å². The Balaban J connectivity index is 2.49. The van der Waals surface area contributed by atoms with Gasteiger partial charge >= 0.3 is 0 Å². The van der Waals surface area contributed by atoms with E-state index in [-0.39, 0.29) is 0 Å². The van der Waals surface area contributed by atoms with E-state index in [1.807, 2.05) is 14.0 Å². The first-order valence-electron chi connectivity index (χ1n) is 8.44. The Bertz CT molecular complexity index is 740. The maximum atomic E-state index is 5.45. The van der Waals surface area contributed by atoms with E-state index in [1.54, 1.807) is 0 Å². The standard InChI is InChI=1S/C23H24NP/c1-4-6-14-20(13-5-2)19-23(24-3)25(21-15-9-7-10-16-21)22-17-11-8-12-18-22/h1,5,7-13,15-19H,6,14H2,2-3H3/b13-5-,20-19+,24-23-. The van der Waals surface area contributed by atoms with Gasteiger partial charge in [0.1, 0.15) is 0 Å². The van der Waals surface area contributed by atoms with Crippen LogP contribution in [0.3, 0.4) is 0 Å². The average Bonchev–Trinajstić information content (AvgIpc) is 2.67. The van der Waals surface area contributed by atoms with Crippen molar-refractivity contribution in [2.45, 2.75) is 19.8 Å². The highest BCUT2D eigenvalue weighted by molar-refractivity contribution is 7.88. The molecule has 0 saturated carbocycles. The molecule has 0 fully saturated rings. The number of rotatable bonds is 7. The molecule has 2 rings (SSSR count). The van der Waals surface area contributed by atoms with Crippen molar-refractivity contribution in [3.05, 3.63) is 84.5 Å². The van der Waals surface area contributed by atoms with E-state index in [1.165, 1.54) is 16.2 Å². The zero-order chi connectivity index (χ0) is 17.9. The first-order chi connectivity index (χ1) is 12.3. The van der Waals surface area contributed by atoms with Crippen molar-refractivity contribution in [2.24, 2.45) is 4.99 Å². The molecule has 0 radical (unpaired) electrons. The van der Waals surface area contributed by atoms with Crippen molar-refractivity contribution in [3.8, 4) is 12.3 Å². The average molecular weight is 345 g/mol. The van der Waals surface area contributed by atoms with Crippen LogP contribution in [0.2, 0.25) is 0 Å². The van der Waals surface area contributed by atoms with Crippen LogP contribution < -0.4 is 10.6 Å². The summed E-state index contributed by atoms with van der Waals surface area (Å²) in [6.45, 7) is 2.03. The number of hydrogen-bond acceptors (Lipinski definition) is 1. The molecule has 126 valence electrons. The Hall–Kier alpha value is -2.42. The molecule has 0 aliphatic rings. The normalized spacial score (nSPS) is 12.6. The molecular formula is C23H24NP. The molecule has 0 heterocycles. The predicted molar refractivity (Wildman–Crippen MR) is 113 cm³/mol. The summed E-state index contributed by atoms with van der Waals surface area (Å²) in [7, 11) is 1.19. The van der Waals surface area contributed by atoms with Gasteiger partial charge in [0.15, 0.2) is 0 Å². The third-order valence-corrected chi connectivity index (χ3v) is 6.16. The Morgan fingerprint density at radius 1 is 1.04 bits per heavy atom. The summed E-state index contributed by atoms with van der Waals surface area (Å²) in [6, 6.07) is 21.2. The summed E-state index contributed by atoms with van der Waals surface area (Å²) in [5, 5.41) is 2.61. The third-order valence-electron chi connectivity index (χ3n) is 3.74. The van der Waals surface area contributed by atoms with Crippen LogP contribution in [-0.2, 0) is 0 Å². The van der Waals surface area contributed by atoms with Gasteiger partial charge in [-0.05, 0) is 35.6 Å². The summed E-state index contributed by atoms with van der Waals surface area (Å²) >= 11 is 0. The maximum Gasteiger partial charge on any atom is 0.0665 e. The quantitative estimate of drug-likeness (QED) is 0.288. The van der Waals surface area contributed by atoms with Crippen LogP contribution in [0.1, 0.15) is 19.8 Å². The van der Waals surface area contributed by atoms with Crippen LogP contribution in [0, 0.1) is 12.3 Å². The molecule has 2 aromatic rings. The molecule has 0 bridgehead atoms. The van der Waals surface area contributed by atoms with Gasteiger partial charge in [-0.2, -0.15) is 0 Å². The summed E-state index contributed by atoms with van der Waals surface area (Å²) in [5.74, 6) is 2.73. The lowest BCUT2D eigenvalue weighted by Gasteiger charge is -2.19. The molecule has 0 amide bonds. The minimum Gasteiger partial charge on any atom is -0.288 e. The van der Waals surface area contributed by atoms with Crippen molar-refractivity contribution in [2.75, 3.05) is 7.05 Å². The van der Waals surface area contributed by atoms with E-state index in [4.69, 9.17) is 6.42 Å².